The van der Waals surface area contributed by atoms with Gasteiger partial charge in [0.25, 0.3) is 5.69 Å². The number of hydrogen-bond acceptors (Lipinski definition) is 5. The number of nitrogens with two attached hydrogens (primary N) is 1. The van der Waals surface area contributed by atoms with Crippen LogP contribution in [-0.4, -0.2) is 14.9 Å². The van der Waals surface area contributed by atoms with E-state index >= 15 is 0 Å². The SMILES string of the molecule is Cc1ccc([N+](=O)[O-])cc1-c1nccc(N)n1. The van der Waals surface area contributed by atoms with E-state index < -0.39 is 4.92 Å². The van der Waals surface area contributed by atoms with E-state index in [9.17, 15) is 10.1 Å². The van der Waals surface area contributed by atoms with E-state index in [0.29, 0.717) is 17.2 Å². The Hall–Kier alpha value is -2.50. The fraction of sp³-hybridized carbons (Fsp3) is 0.0909. The number of nitro groups is 1. The van der Waals surface area contributed by atoms with Crippen LogP contribution in [0, 0.1) is 17.0 Å². The second kappa shape index (κ2) is 4.17. The van der Waals surface area contributed by atoms with Crippen LogP contribution in [-0.2, 0) is 0 Å². The minimum atomic E-state index is -0.449. The van der Waals surface area contributed by atoms with Gasteiger partial charge in [0.05, 0.1) is 4.92 Å². The molecule has 2 N–H and O–H groups in total. The quantitative estimate of drug-likeness (QED) is 0.628. The summed E-state index contributed by atoms with van der Waals surface area (Å²) in [4.78, 5) is 18.4. The highest BCUT2D eigenvalue weighted by atomic mass is 16.6. The van der Waals surface area contributed by atoms with Crippen LogP contribution < -0.4 is 5.73 Å². The molecule has 0 spiro atoms. The summed E-state index contributed by atoms with van der Waals surface area (Å²) < 4.78 is 0. The molecule has 2 aromatic rings. The Morgan fingerprint density at radius 3 is 2.76 bits per heavy atom. The number of nitrogen functional groups attached to an aromatic ring is 1. The van der Waals surface area contributed by atoms with Crippen molar-refractivity contribution < 1.29 is 4.92 Å². The van der Waals surface area contributed by atoms with Gasteiger partial charge in [0.1, 0.15) is 5.82 Å². The molecule has 0 fully saturated rings. The standard InChI is InChI=1S/C11H10N4O2/c1-7-2-3-8(15(16)17)6-9(7)11-13-5-4-10(12)14-11/h2-6H,1H3,(H2,12,13,14). The first-order chi connectivity index (χ1) is 8.08. The molecule has 0 radical (unpaired) electrons. The Balaban J connectivity index is 2.58. The molecule has 6 nitrogen and oxygen atoms in total. The summed E-state index contributed by atoms with van der Waals surface area (Å²) in [5.74, 6) is 0.729. The largest absolute Gasteiger partial charge is 0.384 e. The van der Waals surface area contributed by atoms with Crippen molar-refractivity contribution in [3.05, 3.63) is 46.1 Å². The van der Waals surface area contributed by atoms with Crippen LogP contribution in [0.25, 0.3) is 11.4 Å². The fourth-order valence-electron chi connectivity index (χ4n) is 1.47. The zero-order chi connectivity index (χ0) is 12.4. The van der Waals surface area contributed by atoms with Crippen molar-refractivity contribution >= 4 is 11.5 Å². The predicted octanol–water partition coefficient (Wildman–Crippen LogP) is 1.94. The number of non-ortho nitro benzene ring substituents is 1. The Morgan fingerprint density at radius 1 is 1.35 bits per heavy atom. The van der Waals surface area contributed by atoms with Crippen molar-refractivity contribution in [2.45, 2.75) is 6.92 Å². The molecule has 0 aliphatic heterocycles. The molecule has 0 aliphatic carbocycles. The van der Waals surface area contributed by atoms with Crippen molar-refractivity contribution in [3.63, 3.8) is 0 Å². The Labute approximate surface area is 97.3 Å². The van der Waals surface area contributed by atoms with Gasteiger partial charge in [-0.2, -0.15) is 0 Å². The lowest BCUT2D eigenvalue weighted by Gasteiger charge is -2.04. The summed E-state index contributed by atoms with van der Waals surface area (Å²) in [6.07, 6.45) is 1.52. The van der Waals surface area contributed by atoms with Gasteiger partial charge in [-0.1, -0.05) is 6.07 Å². The van der Waals surface area contributed by atoms with Crippen LogP contribution in [0.2, 0.25) is 0 Å². The molecule has 0 atom stereocenters. The van der Waals surface area contributed by atoms with Gasteiger partial charge in [0.15, 0.2) is 5.82 Å². The fourth-order valence-corrected chi connectivity index (χ4v) is 1.47. The molecule has 0 amide bonds. The molecule has 0 aliphatic rings. The van der Waals surface area contributed by atoms with Gasteiger partial charge in [-0.05, 0) is 18.6 Å². The maximum absolute atomic E-state index is 10.7. The molecular weight excluding hydrogens is 220 g/mol. The number of benzene rings is 1. The minimum absolute atomic E-state index is 0.0108. The molecule has 6 heteroatoms. The molecule has 1 aromatic heterocycles. The lowest BCUT2D eigenvalue weighted by atomic mass is 10.1. The Morgan fingerprint density at radius 2 is 2.12 bits per heavy atom. The number of anilines is 1. The second-order valence-electron chi connectivity index (χ2n) is 3.56. The molecule has 1 heterocycles. The van der Waals surface area contributed by atoms with Gasteiger partial charge >= 0.3 is 0 Å². The van der Waals surface area contributed by atoms with Crippen LogP contribution in [0.4, 0.5) is 11.5 Å². The number of rotatable bonds is 2. The highest BCUT2D eigenvalue weighted by Gasteiger charge is 2.12. The zero-order valence-corrected chi connectivity index (χ0v) is 9.12. The van der Waals surface area contributed by atoms with Gasteiger partial charge < -0.3 is 5.73 Å². The van der Waals surface area contributed by atoms with Crippen molar-refractivity contribution in [1.82, 2.24) is 9.97 Å². The molecule has 2 rings (SSSR count). The monoisotopic (exact) mass is 230 g/mol. The first-order valence-electron chi connectivity index (χ1n) is 4.92. The van der Waals surface area contributed by atoms with E-state index in [4.69, 9.17) is 5.73 Å². The highest BCUT2D eigenvalue weighted by molar-refractivity contribution is 5.64. The van der Waals surface area contributed by atoms with E-state index in [2.05, 4.69) is 9.97 Å². The first kappa shape index (κ1) is 11.0. The maximum atomic E-state index is 10.7. The normalized spacial score (nSPS) is 10.2. The van der Waals surface area contributed by atoms with Crippen molar-refractivity contribution in [2.75, 3.05) is 5.73 Å². The molecule has 0 saturated carbocycles. The summed E-state index contributed by atoms with van der Waals surface area (Å²) in [5.41, 5.74) is 7.05. The van der Waals surface area contributed by atoms with Crippen molar-refractivity contribution in [1.29, 1.82) is 0 Å². The Kier molecular flexibility index (Phi) is 2.70. The highest BCUT2D eigenvalue weighted by Crippen LogP contribution is 2.25. The summed E-state index contributed by atoms with van der Waals surface area (Å²) in [6, 6.07) is 6.13. The molecule has 0 bridgehead atoms. The minimum Gasteiger partial charge on any atom is -0.384 e. The summed E-state index contributed by atoms with van der Waals surface area (Å²) in [7, 11) is 0. The molecule has 0 saturated heterocycles. The second-order valence-corrected chi connectivity index (χ2v) is 3.56. The molecule has 1 aromatic carbocycles. The summed E-state index contributed by atoms with van der Waals surface area (Å²) >= 11 is 0. The average Bonchev–Trinajstić information content (AvgIpc) is 2.29. The van der Waals surface area contributed by atoms with Gasteiger partial charge in [-0.15, -0.1) is 0 Å². The van der Waals surface area contributed by atoms with Gasteiger partial charge in [-0.3, -0.25) is 10.1 Å². The van der Waals surface area contributed by atoms with Crippen molar-refractivity contribution in [3.8, 4) is 11.4 Å². The van der Waals surface area contributed by atoms with Crippen LogP contribution in [0.1, 0.15) is 5.56 Å². The first-order valence-corrected chi connectivity index (χ1v) is 4.92. The summed E-state index contributed by atoms with van der Waals surface area (Å²) in [6.45, 7) is 1.84. The van der Waals surface area contributed by atoms with E-state index in [1.807, 2.05) is 6.92 Å². The number of aryl methyl sites for hydroxylation is 1. The van der Waals surface area contributed by atoms with Crippen LogP contribution >= 0.6 is 0 Å². The van der Waals surface area contributed by atoms with E-state index in [1.54, 1.807) is 12.1 Å². The molecule has 17 heavy (non-hydrogen) atoms. The number of nitro benzene ring substituents is 1. The van der Waals surface area contributed by atoms with E-state index in [1.165, 1.54) is 18.3 Å². The van der Waals surface area contributed by atoms with Crippen molar-refractivity contribution in [2.24, 2.45) is 0 Å². The third kappa shape index (κ3) is 2.20. The topological polar surface area (TPSA) is 94.9 Å². The van der Waals surface area contributed by atoms with Gasteiger partial charge in [-0.25, -0.2) is 9.97 Å². The third-order valence-corrected chi connectivity index (χ3v) is 2.35. The number of nitrogens with zero attached hydrogens (tertiary/aromatic N) is 3. The predicted molar refractivity (Wildman–Crippen MR) is 63.3 cm³/mol. The Bertz CT molecular complexity index is 583. The molecule has 86 valence electrons. The van der Waals surface area contributed by atoms with Crippen LogP contribution in [0.3, 0.4) is 0 Å². The smallest absolute Gasteiger partial charge is 0.270 e. The number of hydrogen-bond donors (Lipinski definition) is 1. The third-order valence-electron chi connectivity index (χ3n) is 2.35. The summed E-state index contributed by atoms with van der Waals surface area (Å²) in [5, 5.41) is 10.7. The zero-order valence-electron chi connectivity index (χ0n) is 9.12. The van der Waals surface area contributed by atoms with Crippen LogP contribution in [0.15, 0.2) is 30.5 Å². The average molecular weight is 230 g/mol. The van der Waals surface area contributed by atoms with Gasteiger partial charge in [0.2, 0.25) is 0 Å². The van der Waals surface area contributed by atoms with E-state index in [-0.39, 0.29) is 5.69 Å². The lowest BCUT2D eigenvalue weighted by Crippen LogP contribution is -1.97. The molecular formula is C11H10N4O2. The number of aromatic nitrogens is 2. The maximum Gasteiger partial charge on any atom is 0.270 e. The van der Waals surface area contributed by atoms with Crippen LogP contribution in [0.5, 0.6) is 0 Å². The van der Waals surface area contributed by atoms with E-state index in [0.717, 1.165) is 5.56 Å². The molecule has 0 unspecified atom stereocenters. The lowest BCUT2D eigenvalue weighted by molar-refractivity contribution is -0.384. The van der Waals surface area contributed by atoms with Gasteiger partial charge in [0, 0.05) is 23.9 Å².